The van der Waals surface area contributed by atoms with E-state index < -0.39 is 6.10 Å². The largest absolute Gasteiger partial charge is 0.485 e. The van der Waals surface area contributed by atoms with Gasteiger partial charge >= 0.3 is 0 Å². The van der Waals surface area contributed by atoms with E-state index >= 15 is 0 Å². The Hall–Kier alpha value is -2.99. The molecule has 0 unspecified atom stereocenters. The Balaban J connectivity index is 1.41. The molecule has 6 heteroatoms. The quantitative estimate of drug-likeness (QED) is 0.426. The van der Waals surface area contributed by atoms with E-state index in [1.54, 1.807) is 18.0 Å². The van der Waals surface area contributed by atoms with Crippen molar-refractivity contribution in [3.05, 3.63) is 66.2 Å². The molecule has 0 saturated carbocycles. The molecule has 0 bridgehead atoms. The number of hydrogen-bond acceptors (Lipinski definition) is 5. The van der Waals surface area contributed by atoms with E-state index in [2.05, 4.69) is 10.5 Å². The Kier molecular flexibility index (Phi) is 4.98. The van der Waals surface area contributed by atoms with E-state index in [9.17, 15) is 4.79 Å². The second-order valence-corrected chi connectivity index (χ2v) is 6.95. The second kappa shape index (κ2) is 7.72. The summed E-state index contributed by atoms with van der Waals surface area (Å²) in [6.45, 7) is 0.148. The molecule has 0 aliphatic carbocycles. The van der Waals surface area contributed by atoms with Gasteiger partial charge in [0.15, 0.2) is 11.5 Å². The van der Waals surface area contributed by atoms with Crippen LogP contribution in [0.25, 0.3) is 10.8 Å². The molecule has 1 N–H and O–H groups in total. The number of nitrogens with one attached hydrogen (secondary N) is 1. The number of fused-ring (bicyclic) bond motifs is 2. The maximum atomic E-state index is 12.3. The molecular formula is C21H18N2O3S. The average molecular weight is 378 g/mol. The zero-order chi connectivity index (χ0) is 18.6. The fourth-order valence-electron chi connectivity index (χ4n) is 2.82. The van der Waals surface area contributed by atoms with Gasteiger partial charge in [-0.3, -0.25) is 4.79 Å². The summed E-state index contributed by atoms with van der Waals surface area (Å²) in [7, 11) is 0. The maximum Gasteiger partial charge on any atom is 0.284 e. The molecule has 3 aromatic rings. The van der Waals surface area contributed by atoms with Gasteiger partial charge in [0.05, 0.1) is 6.21 Å². The first-order valence-electron chi connectivity index (χ1n) is 8.52. The summed E-state index contributed by atoms with van der Waals surface area (Å²) < 4.78 is 11.5. The van der Waals surface area contributed by atoms with Crippen molar-refractivity contribution in [1.82, 2.24) is 5.43 Å². The van der Waals surface area contributed by atoms with Gasteiger partial charge in [0, 0.05) is 4.90 Å². The number of hydrogen-bond donors (Lipinski definition) is 1. The Morgan fingerprint density at radius 2 is 1.81 bits per heavy atom. The van der Waals surface area contributed by atoms with Crippen molar-refractivity contribution in [3.63, 3.8) is 0 Å². The molecule has 1 aliphatic heterocycles. The normalized spacial score (nSPS) is 15.8. The highest BCUT2D eigenvalue weighted by Crippen LogP contribution is 2.35. The molecule has 0 fully saturated rings. The molecule has 0 spiro atoms. The van der Waals surface area contributed by atoms with Crippen molar-refractivity contribution in [2.75, 3.05) is 12.9 Å². The minimum atomic E-state index is -0.741. The number of benzene rings is 3. The molecule has 4 rings (SSSR count). The summed E-state index contributed by atoms with van der Waals surface area (Å²) in [5, 5.41) is 6.12. The van der Waals surface area contributed by atoms with Crippen LogP contribution in [-0.4, -0.2) is 31.1 Å². The lowest BCUT2D eigenvalue weighted by Gasteiger charge is -2.25. The summed E-state index contributed by atoms with van der Waals surface area (Å²) in [5.74, 6) is 0.873. The van der Waals surface area contributed by atoms with E-state index in [0.717, 1.165) is 16.3 Å². The molecule has 0 aromatic heterocycles. The van der Waals surface area contributed by atoms with Crippen molar-refractivity contribution < 1.29 is 14.3 Å². The zero-order valence-electron chi connectivity index (χ0n) is 14.7. The van der Waals surface area contributed by atoms with Crippen molar-refractivity contribution >= 4 is 34.7 Å². The Morgan fingerprint density at radius 3 is 2.52 bits per heavy atom. The minimum absolute atomic E-state index is 0.148. The SMILES string of the molecule is CSc1ccc(/C=N/NC(=O)[C@@H]2COc3cc4ccccc4cc3O2)cc1. The zero-order valence-corrected chi connectivity index (χ0v) is 15.5. The fraction of sp³-hybridized carbons (Fsp3) is 0.143. The van der Waals surface area contributed by atoms with Crippen LogP contribution in [0, 0.1) is 0 Å². The van der Waals surface area contributed by atoms with E-state index in [1.807, 2.05) is 66.9 Å². The molecule has 3 aromatic carbocycles. The van der Waals surface area contributed by atoms with Crippen LogP contribution in [0.15, 0.2) is 70.7 Å². The standard InChI is InChI=1S/C21H18N2O3S/c1-27-17-8-6-14(7-9-17)12-22-23-21(24)20-13-25-18-10-15-4-2-3-5-16(15)11-19(18)26-20/h2-12,20H,13H2,1H3,(H,23,24)/b22-12+/t20-/m0/s1. The molecule has 1 aliphatic rings. The lowest BCUT2D eigenvalue weighted by atomic mass is 10.1. The fourth-order valence-corrected chi connectivity index (χ4v) is 3.23. The van der Waals surface area contributed by atoms with Gasteiger partial charge in [0.25, 0.3) is 5.91 Å². The van der Waals surface area contributed by atoms with E-state index in [0.29, 0.717) is 11.5 Å². The van der Waals surface area contributed by atoms with Crippen LogP contribution < -0.4 is 14.9 Å². The van der Waals surface area contributed by atoms with Crippen LogP contribution >= 0.6 is 11.8 Å². The van der Waals surface area contributed by atoms with Crippen LogP contribution in [0.2, 0.25) is 0 Å². The highest BCUT2D eigenvalue weighted by Gasteiger charge is 2.27. The van der Waals surface area contributed by atoms with Crippen LogP contribution in [0.3, 0.4) is 0 Å². The Labute approximate surface area is 161 Å². The monoisotopic (exact) mass is 378 g/mol. The van der Waals surface area contributed by atoms with Crippen molar-refractivity contribution in [3.8, 4) is 11.5 Å². The van der Waals surface area contributed by atoms with Gasteiger partial charge in [0.1, 0.15) is 6.61 Å². The molecule has 1 heterocycles. The summed E-state index contributed by atoms with van der Waals surface area (Å²) in [5.41, 5.74) is 3.43. The smallest absolute Gasteiger partial charge is 0.284 e. The third kappa shape index (κ3) is 3.90. The summed E-state index contributed by atoms with van der Waals surface area (Å²) in [4.78, 5) is 13.5. The van der Waals surface area contributed by atoms with Gasteiger partial charge in [-0.05, 0) is 46.9 Å². The van der Waals surface area contributed by atoms with Crippen LogP contribution in [0.5, 0.6) is 11.5 Å². The van der Waals surface area contributed by atoms with Crippen LogP contribution in [0.1, 0.15) is 5.56 Å². The number of carbonyl (C=O) groups is 1. The molecule has 27 heavy (non-hydrogen) atoms. The second-order valence-electron chi connectivity index (χ2n) is 6.07. The highest BCUT2D eigenvalue weighted by molar-refractivity contribution is 7.98. The molecule has 1 amide bonds. The molecule has 5 nitrogen and oxygen atoms in total. The van der Waals surface area contributed by atoms with Crippen molar-refractivity contribution in [2.24, 2.45) is 5.10 Å². The van der Waals surface area contributed by atoms with Crippen LogP contribution in [0.4, 0.5) is 0 Å². The van der Waals surface area contributed by atoms with Gasteiger partial charge in [-0.2, -0.15) is 5.10 Å². The third-order valence-electron chi connectivity index (χ3n) is 4.27. The highest BCUT2D eigenvalue weighted by atomic mass is 32.2. The lowest BCUT2D eigenvalue weighted by molar-refractivity contribution is -0.130. The molecule has 0 saturated heterocycles. The molecule has 0 radical (unpaired) electrons. The predicted molar refractivity (Wildman–Crippen MR) is 108 cm³/mol. The van der Waals surface area contributed by atoms with E-state index in [-0.39, 0.29) is 12.5 Å². The number of rotatable bonds is 4. The first kappa shape index (κ1) is 17.4. The van der Waals surface area contributed by atoms with E-state index in [1.165, 1.54) is 4.90 Å². The number of carbonyl (C=O) groups excluding carboxylic acids is 1. The van der Waals surface area contributed by atoms with Gasteiger partial charge in [-0.25, -0.2) is 5.43 Å². The number of nitrogens with zero attached hydrogens (tertiary/aromatic N) is 1. The number of thioether (sulfide) groups is 1. The number of amides is 1. The Morgan fingerprint density at radius 1 is 1.11 bits per heavy atom. The topological polar surface area (TPSA) is 59.9 Å². The average Bonchev–Trinajstić information content (AvgIpc) is 2.72. The van der Waals surface area contributed by atoms with Gasteiger partial charge in [-0.1, -0.05) is 36.4 Å². The van der Waals surface area contributed by atoms with Gasteiger partial charge in [0.2, 0.25) is 6.10 Å². The van der Waals surface area contributed by atoms with Gasteiger partial charge < -0.3 is 9.47 Å². The van der Waals surface area contributed by atoms with Crippen molar-refractivity contribution in [2.45, 2.75) is 11.0 Å². The van der Waals surface area contributed by atoms with Gasteiger partial charge in [-0.15, -0.1) is 11.8 Å². The third-order valence-corrected chi connectivity index (χ3v) is 5.01. The first-order chi connectivity index (χ1) is 13.2. The maximum absolute atomic E-state index is 12.3. The molecule has 1 atom stereocenters. The number of ether oxygens (including phenoxy) is 2. The summed E-state index contributed by atoms with van der Waals surface area (Å²) in [6, 6.07) is 19.7. The van der Waals surface area contributed by atoms with Crippen molar-refractivity contribution in [1.29, 1.82) is 0 Å². The molecular weight excluding hydrogens is 360 g/mol. The predicted octanol–water partition coefficient (Wildman–Crippen LogP) is 3.85. The lowest BCUT2D eigenvalue weighted by Crippen LogP contribution is -2.42. The summed E-state index contributed by atoms with van der Waals surface area (Å²) in [6.07, 6.45) is 2.89. The summed E-state index contributed by atoms with van der Waals surface area (Å²) >= 11 is 1.68. The minimum Gasteiger partial charge on any atom is -0.485 e. The van der Waals surface area contributed by atoms with E-state index in [4.69, 9.17) is 9.47 Å². The van der Waals surface area contributed by atoms with Crippen LogP contribution in [-0.2, 0) is 4.79 Å². The number of hydrazone groups is 1. The first-order valence-corrected chi connectivity index (χ1v) is 9.74. The Bertz CT molecular complexity index is 1000. The molecule has 136 valence electrons.